The maximum absolute atomic E-state index is 13.0. The van der Waals surface area contributed by atoms with Crippen molar-refractivity contribution in [1.82, 2.24) is 0 Å². The molecule has 0 saturated heterocycles. The Balaban J connectivity index is 1.92. The first-order valence-electron chi connectivity index (χ1n) is 5.88. The molecule has 0 aliphatic rings. The summed E-state index contributed by atoms with van der Waals surface area (Å²) in [7, 11) is 0. The van der Waals surface area contributed by atoms with Gasteiger partial charge in [-0.25, -0.2) is 4.39 Å². The number of hydrogen-bond donors (Lipinski definition) is 2. The molecular formula is C14H11Cl2FN2OS. The van der Waals surface area contributed by atoms with Crippen LogP contribution in [-0.2, 0) is 4.79 Å². The van der Waals surface area contributed by atoms with Crippen molar-refractivity contribution in [2.75, 3.05) is 16.8 Å². The molecule has 0 fully saturated rings. The zero-order valence-electron chi connectivity index (χ0n) is 10.7. The second-order valence-electron chi connectivity index (χ2n) is 4.15. The van der Waals surface area contributed by atoms with E-state index in [0.29, 0.717) is 16.4 Å². The highest BCUT2D eigenvalue weighted by atomic mass is 35.5. The summed E-state index contributed by atoms with van der Waals surface area (Å²) in [4.78, 5) is 12.6. The van der Waals surface area contributed by atoms with E-state index in [-0.39, 0.29) is 16.7 Å². The lowest BCUT2D eigenvalue weighted by molar-refractivity contribution is -0.113. The van der Waals surface area contributed by atoms with E-state index in [2.05, 4.69) is 5.32 Å². The van der Waals surface area contributed by atoms with E-state index in [1.54, 1.807) is 18.2 Å². The van der Waals surface area contributed by atoms with Crippen LogP contribution in [0.25, 0.3) is 0 Å². The number of hydrogen-bond acceptors (Lipinski definition) is 3. The van der Waals surface area contributed by atoms with Crippen LogP contribution in [0, 0.1) is 5.82 Å². The van der Waals surface area contributed by atoms with Gasteiger partial charge in [0.25, 0.3) is 0 Å². The summed E-state index contributed by atoms with van der Waals surface area (Å²) in [5.74, 6) is -0.564. The Labute approximate surface area is 135 Å². The second kappa shape index (κ2) is 7.02. The molecule has 0 radical (unpaired) electrons. The summed E-state index contributed by atoms with van der Waals surface area (Å²) in [6.45, 7) is 0. The minimum atomic E-state index is -0.527. The Morgan fingerprint density at radius 3 is 2.62 bits per heavy atom. The van der Waals surface area contributed by atoms with E-state index in [4.69, 9.17) is 28.9 Å². The molecule has 110 valence electrons. The van der Waals surface area contributed by atoms with Crippen LogP contribution in [0.4, 0.5) is 15.8 Å². The molecule has 3 N–H and O–H groups in total. The van der Waals surface area contributed by atoms with E-state index < -0.39 is 5.82 Å². The van der Waals surface area contributed by atoms with E-state index in [1.165, 1.54) is 30.0 Å². The number of benzene rings is 2. The van der Waals surface area contributed by atoms with Crippen molar-refractivity contribution in [3.8, 4) is 0 Å². The standard InChI is InChI=1S/C14H11Cl2FN2OS/c15-10-5-8(1-3-12(10)17)19-14(20)7-21-9-2-4-13(18)11(16)6-9/h1-6H,7,18H2,(H,19,20). The second-order valence-corrected chi connectivity index (χ2v) is 6.01. The molecule has 2 aromatic carbocycles. The topological polar surface area (TPSA) is 55.1 Å². The first-order valence-corrected chi connectivity index (χ1v) is 7.62. The lowest BCUT2D eigenvalue weighted by atomic mass is 10.3. The molecule has 2 aromatic rings. The van der Waals surface area contributed by atoms with Gasteiger partial charge in [0.1, 0.15) is 5.82 Å². The van der Waals surface area contributed by atoms with Crippen molar-refractivity contribution >= 4 is 52.2 Å². The van der Waals surface area contributed by atoms with Gasteiger partial charge in [-0.15, -0.1) is 11.8 Å². The number of nitrogens with two attached hydrogens (primary N) is 1. The molecule has 3 nitrogen and oxygen atoms in total. The van der Waals surface area contributed by atoms with Gasteiger partial charge >= 0.3 is 0 Å². The van der Waals surface area contributed by atoms with Crippen molar-refractivity contribution < 1.29 is 9.18 Å². The van der Waals surface area contributed by atoms with E-state index in [0.717, 1.165) is 4.90 Å². The summed E-state index contributed by atoms with van der Waals surface area (Å²) in [6.07, 6.45) is 0. The van der Waals surface area contributed by atoms with Crippen LogP contribution in [0.2, 0.25) is 10.0 Å². The number of rotatable bonds is 4. The van der Waals surface area contributed by atoms with Crippen molar-refractivity contribution in [2.24, 2.45) is 0 Å². The van der Waals surface area contributed by atoms with Crippen molar-refractivity contribution in [3.63, 3.8) is 0 Å². The zero-order valence-corrected chi connectivity index (χ0v) is 13.0. The first kappa shape index (κ1) is 15.9. The Kier molecular flexibility index (Phi) is 5.33. The van der Waals surface area contributed by atoms with Gasteiger partial charge < -0.3 is 11.1 Å². The molecule has 0 heterocycles. The third kappa shape index (κ3) is 4.52. The Morgan fingerprint density at radius 1 is 1.19 bits per heavy atom. The van der Waals surface area contributed by atoms with Crippen LogP contribution in [0.15, 0.2) is 41.3 Å². The summed E-state index contributed by atoms with van der Waals surface area (Å²) < 4.78 is 13.0. The average Bonchev–Trinajstić information content (AvgIpc) is 2.44. The first-order chi connectivity index (χ1) is 9.95. The van der Waals surface area contributed by atoms with Crippen LogP contribution in [0.5, 0.6) is 0 Å². The lowest BCUT2D eigenvalue weighted by Gasteiger charge is -2.07. The molecule has 0 spiro atoms. The van der Waals surface area contributed by atoms with Crippen LogP contribution >= 0.6 is 35.0 Å². The Hall–Kier alpha value is -1.43. The molecule has 0 bridgehead atoms. The smallest absolute Gasteiger partial charge is 0.234 e. The average molecular weight is 345 g/mol. The van der Waals surface area contributed by atoms with Gasteiger partial charge in [0.2, 0.25) is 5.91 Å². The normalized spacial score (nSPS) is 10.4. The molecule has 0 unspecified atom stereocenters. The Bertz CT molecular complexity index is 682. The number of carbonyl (C=O) groups is 1. The van der Waals surface area contributed by atoms with Crippen LogP contribution in [0.3, 0.4) is 0 Å². The number of nitrogens with one attached hydrogen (secondary N) is 1. The van der Waals surface area contributed by atoms with Crippen molar-refractivity contribution in [1.29, 1.82) is 0 Å². The largest absolute Gasteiger partial charge is 0.398 e. The predicted molar refractivity (Wildman–Crippen MR) is 86.6 cm³/mol. The minimum Gasteiger partial charge on any atom is -0.398 e. The highest BCUT2D eigenvalue weighted by Crippen LogP contribution is 2.26. The molecule has 0 aliphatic heterocycles. The zero-order chi connectivity index (χ0) is 15.4. The number of nitrogen functional groups attached to an aromatic ring is 1. The fourth-order valence-electron chi connectivity index (χ4n) is 1.52. The maximum atomic E-state index is 13.0. The summed E-state index contributed by atoms with van der Waals surface area (Å²) in [6, 6.07) is 9.17. The molecule has 0 atom stereocenters. The minimum absolute atomic E-state index is 0.0363. The van der Waals surface area contributed by atoms with Gasteiger partial charge in [0.05, 0.1) is 21.5 Å². The quantitative estimate of drug-likeness (QED) is 0.636. The van der Waals surface area contributed by atoms with E-state index >= 15 is 0 Å². The number of thioether (sulfide) groups is 1. The van der Waals surface area contributed by atoms with Crippen molar-refractivity contribution in [2.45, 2.75) is 4.90 Å². The highest BCUT2D eigenvalue weighted by Gasteiger charge is 2.07. The molecule has 2 rings (SSSR count). The summed E-state index contributed by atoms with van der Waals surface area (Å²) in [5.41, 5.74) is 6.55. The number of amides is 1. The fourth-order valence-corrected chi connectivity index (χ4v) is 2.68. The van der Waals surface area contributed by atoms with E-state index in [1.807, 2.05) is 0 Å². The van der Waals surface area contributed by atoms with Gasteiger partial charge in [0.15, 0.2) is 0 Å². The lowest BCUT2D eigenvalue weighted by Crippen LogP contribution is -2.14. The van der Waals surface area contributed by atoms with Gasteiger partial charge in [-0.1, -0.05) is 23.2 Å². The summed E-state index contributed by atoms with van der Waals surface area (Å²) >= 11 is 12.9. The molecule has 21 heavy (non-hydrogen) atoms. The molecule has 7 heteroatoms. The number of anilines is 2. The number of carbonyl (C=O) groups excluding carboxylic acids is 1. The monoisotopic (exact) mass is 344 g/mol. The Morgan fingerprint density at radius 2 is 1.95 bits per heavy atom. The predicted octanol–water partition coefficient (Wildman–Crippen LogP) is 4.45. The maximum Gasteiger partial charge on any atom is 0.234 e. The highest BCUT2D eigenvalue weighted by molar-refractivity contribution is 8.00. The van der Waals surface area contributed by atoms with Crippen molar-refractivity contribution in [3.05, 3.63) is 52.3 Å². The van der Waals surface area contributed by atoms with Gasteiger partial charge in [-0.05, 0) is 36.4 Å². The van der Waals surface area contributed by atoms with Gasteiger partial charge in [-0.2, -0.15) is 0 Å². The number of halogens is 3. The third-order valence-electron chi connectivity index (χ3n) is 2.55. The molecular weight excluding hydrogens is 334 g/mol. The van der Waals surface area contributed by atoms with E-state index in [9.17, 15) is 9.18 Å². The van der Waals surface area contributed by atoms with Gasteiger partial charge in [0, 0.05) is 10.6 Å². The van der Waals surface area contributed by atoms with Crippen LogP contribution in [-0.4, -0.2) is 11.7 Å². The molecule has 0 saturated carbocycles. The molecule has 0 aliphatic carbocycles. The van der Waals surface area contributed by atoms with Crippen LogP contribution in [0.1, 0.15) is 0 Å². The SMILES string of the molecule is Nc1ccc(SCC(=O)Nc2ccc(F)c(Cl)c2)cc1Cl. The molecule has 0 aromatic heterocycles. The third-order valence-corrected chi connectivity index (χ3v) is 4.16. The summed E-state index contributed by atoms with van der Waals surface area (Å²) in [5, 5.41) is 3.05. The van der Waals surface area contributed by atoms with Crippen LogP contribution < -0.4 is 11.1 Å². The fraction of sp³-hybridized carbons (Fsp3) is 0.0714. The van der Waals surface area contributed by atoms with Gasteiger partial charge in [-0.3, -0.25) is 4.79 Å². The molecule has 1 amide bonds.